The fourth-order valence-electron chi connectivity index (χ4n) is 5.10. The fraction of sp³-hybridized carbons (Fsp3) is 0.250. The summed E-state index contributed by atoms with van der Waals surface area (Å²) >= 11 is 0. The van der Waals surface area contributed by atoms with Gasteiger partial charge in [-0.15, -0.1) is 0 Å². The molecule has 1 aliphatic carbocycles. The quantitative estimate of drug-likeness (QED) is 0.589. The molecule has 3 aromatic carbocycles. The molecule has 7 heteroatoms. The van der Waals surface area contributed by atoms with Crippen LogP contribution in [0.25, 0.3) is 11.1 Å². The van der Waals surface area contributed by atoms with Gasteiger partial charge in [0.1, 0.15) is 18.7 Å². The van der Waals surface area contributed by atoms with E-state index >= 15 is 0 Å². The Morgan fingerprint density at radius 1 is 0.943 bits per heavy atom. The number of rotatable bonds is 5. The van der Waals surface area contributed by atoms with Gasteiger partial charge in [0.05, 0.1) is 0 Å². The molecule has 2 amide bonds. The smallest absolute Gasteiger partial charge is 0.407 e. The fourth-order valence-corrected chi connectivity index (χ4v) is 5.10. The Morgan fingerprint density at radius 3 is 2.14 bits per heavy atom. The minimum absolute atomic E-state index is 0.0888. The second kappa shape index (κ2) is 9.25. The van der Waals surface area contributed by atoms with E-state index < -0.39 is 30.1 Å². The third-order valence-corrected chi connectivity index (χ3v) is 6.87. The van der Waals surface area contributed by atoms with E-state index in [4.69, 9.17) is 4.74 Å². The van der Waals surface area contributed by atoms with E-state index in [-0.39, 0.29) is 25.5 Å². The van der Waals surface area contributed by atoms with Crippen LogP contribution in [0.15, 0.2) is 72.8 Å². The van der Waals surface area contributed by atoms with E-state index in [1.165, 1.54) is 4.90 Å². The van der Waals surface area contributed by atoms with E-state index in [0.29, 0.717) is 0 Å². The van der Waals surface area contributed by atoms with E-state index in [0.717, 1.165) is 33.4 Å². The summed E-state index contributed by atoms with van der Waals surface area (Å²) in [4.78, 5) is 38.9. The maximum Gasteiger partial charge on any atom is 0.407 e. The summed E-state index contributed by atoms with van der Waals surface area (Å²) in [5.41, 5.74) is 6.29. The second-order valence-electron chi connectivity index (χ2n) is 8.98. The molecule has 7 nitrogen and oxygen atoms in total. The summed E-state index contributed by atoms with van der Waals surface area (Å²) in [6.45, 7) is 1.86. The number of alkyl carbamates (subject to hydrolysis) is 1. The van der Waals surface area contributed by atoms with Crippen molar-refractivity contribution >= 4 is 18.0 Å². The van der Waals surface area contributed by atoms with Gasteiger partial charge in [0, 0.05) is 18.9 Å². The van der Waals surface area contributed by atoms with Crippen LogP contribution in [0.3, 0.4) is 0 Å². The standard InChI is InChI=1S/C28H26N2O5/c1-17(26(31)30-15-19-9-3-2-8-18(19)14-25(30)27(32)33)29-28(34)35-16-24-22-12-6-4-10-20(22)21-11-5-7-13-23(21)24/h2-13,17,24-25H,14-16H2,1H3,(H,29,34)(H,32,33)/t17-,25-/m1/s1. The molecule has 0 radical (unpaired) electrons. The first-order valence-electron chi connectivity index (χ1n) is 11.7. The van der Waals surface area contributed by atoms with Crippen LogP contribution in [0.2, 0.25) is 0 Å². The number of carboxylic acids is 1. The van der Waals surface area contributed by atoms with E-state index in [1.807, 2.05) is 60.7 Å². The number of benzene rings is 3. The number of fused-ring (bicyclic) bond motifs is 4. The summed E-state index contributed by atoms with van der Waals surface area (Å²) in [6, 6.07) is 21.7. The number of hydrogen-bond donors (Lipinski definition) is 2. The summed E-state index contributed by atoms with van der Waals surface area (Å²) in [5.74, 6) is -1.62. The zero-order valence-electron chi connectivity index (χ0n) is 19.3. The molecular formula is C28H26N2O5. The molecule has 5 rings (SSSR count). The summed E-state index contributed by atoms with van der Waals surface area (Å²) in [5, 5.41) is 12.3. The first-order valence-corrected chi connectivity index (χ1v) is 11.7. The van der Waals surface area contributed by atoms with E-state index in [9.17, 15) is 19.5 Å². The molecule has 0 fully saturated rings. The lowest BCUT2D eigenvalue weighted by Crippen LogP contribution is -2.54. The third kappa shape index (κ3) is 4.25. The summed E-state index contributed by atoms with van der Waals surface area (Å²) in [7, 11) is 0. The van der Waals surface area contributed by atoms with Crippen LogP contribution in [-0.2, 0) is 27.3 Å². The monoisotopic (exact) mass is 470 g/mol. The largest absolute Gasteiger partial charge is 0.480 e. The van der Waals surface area contributed by atoms with Gasteiger partial charge in [-0.3, -0.25) is 4.79 Å². The lowest BCUT2D eigenvalue weighted by Gasteiger charge is -2.36. The van der Waals surface area contributed by atoms with Gasteiger partial charge in [0.25, 0.3) is 0 Å². The molecule has 0 aromatic heterocycles. The van der Waals surface area contributed by atoms with Gasteiger partial charge in [0.15, 0.2) is 0 Å². The molecule has 0 saturated carbocycles. The van der Waals surface area contributed by atoms with Gasteiger partial charge < -0.3 is 20.1 Å². The number of ether oxygens (including phenoxy) is 1. The molecule has 0 bridgehead atoms. The third-order valence-electron chi connectivity index (χ3n) is 6.87. The van der Waals surface area contributed by atoms with Crippen molar-refractivity contribution in [3.05, 3.63) is 95.1 Å². The molecule has 0 saturated heterocycles. The van der Waals surface area contributed by atoms with Crippen molar-refractivity contribution in [2.45, 2.75) is 37.9 Å². The Labute approximate surface area is 203 Å². The van der Waals surface area contributed by atoms with E-state index in [2.05, 4.69) is 17.4 Å². The van der Waals surface area contributed by atoms with Gasteiger partial charge in [0.2, 0.25) is 5.91 Å². The highest BCUT2D eigenvalue weighted by atomic mass is 16.5. The molecule has 2 aliphatic rings. The number of amides is 2. The normalized spacial score (nSPS) is 17.1. The van der Waals surface area contributed by atoms with Gasteiger partial charge in [-0.05, 0) is 40.3 Å². The van der Waals surface area contributed by atoms with Gasteiger partial charge in [-0.1, -0.05) is 72.8 Å². The Kier molecular flexibility index (Phi) is 5.99. The number of nitrogens with zero attached hydrogens (tertiary/aromatic N) is 1. The highest BCUT2D eigenvalue weighted by Crippen LogP contribution is 2.44. The van der Waals surface area contributed by atoms with Crippen molar-refractivity contribution in [2.75, 3.05) is 6.61 Å². The lowest BCUT2D eigenvalue weighted by molar-refractivity contribution is -0.152. The molecule has 3 aromatic rings. The maximum absolute atomic E-state index is 13.1. The van der Waals surface area contributed by atoms with Gasteiger partial charge >= 0.3 is 12.1 Å². The van der Waals surface area contributed by atoms with Crippen molar-refractivity contribution < 1.29 is 24.2 Å². The highest BCUT2D eigenvalue weighted by Gasteiger charge is 2.37. The summed E-state index contributed by atoms with van der Waals surface area (Å²) < 4.78 is 5.54. The van der Waals surface area contributed by atoms with Crippen LogP contribution in [0, 0.1) is 0 Å². The first-order chi connectivity index (χ1) is 16.9. The minimum atomic E-state index is -1.07. The Bertz CT molecular complexity index is 1260. The van der Waals surface area contributed by atoms with Crippen LogP contribution >= 0.6 is 0 Å². The number of carbonyl (C=O) groups excluding carboxylic acids is 2. The molecule has 0 unspecified atom stereocenters. The zero-order chi connectivity index (χ0) is 24.5. The number of hydrogen-bond acceptors (Lipinski definition) is 4. The van der Waals surface area contributed by atoms with Gasteiger partial charge in [-0.2, -0.15) is 0 Å². The number of nitrogens with one attached hydrogen (secondary N) is 1. The molecule has 2 atom stereocenters. The highest BCUT2D eigenvalue weighted by molar-refractivity contribution is 5.89. The molecule has 2 N–H and O–H groups in total. The topological polar surface area (TPSA) is 95.9 Å². The predicted molar refractivity (Wildman–Crippen MR) is 130 cm³/mol. The molecule has 1 aliphatic heterocycles. The molecule has 0 spiro atoms. The summed E-state index contributed by atoms with van der Waals surface area (Å²) in [6.07, 6.45) is -0.480. The van der Waals surface area contributed by atoms with Crippen LogP contribution in [0.5, 0.6) is 0 Å². The Morgan fingerprint density at radius 2 is 1.51 bits per heavy atom. The van der Waals surface area contributed by atoms with E-state index in [1.54, 1.807) is 6.92 Å². The average molecular weight is 471 g/mol. The maximum atomic E-state index is 13.1. The van der Waals surface area contributed by atoms with Crippen LogP contribution in [0.1, 0.15) is 35.1 Å². The number of carbonyl (C=O) groups is 3. The van der Waals surface area contributed by atoms with Crippen molar-refractivity contribution in [3.8, 4) is 11.1 Å². The predicted octanol–water partition coefficient (Wildman–Crippen LogP) is 3.95. The lowest BCUT2D eigenvalue weighted by atomic mass is 9.93. The number of carboxylic acid groups (broad SMARTS) is 1. The molecular weight excluding hydrogens is 444 g/mol. The van der Waals surface area contributed by atoms with Crippen molar-refractivity contribution in [3.63, 3.8) is 0 Å². The van der Waals surface area contributed by atoms with Crippen LogP contribution < -0.4 is 5.32 Å². The second-order valence-corrected chi connectivity index (χ2v) is 8.98. The Hall–Kier alpha value is -4.13. The van der Waals surface area contributed by atoms with Crippen molar-refractivity contribution in [2.24, 2.45) is 0 Å². The molecule has 1 heterocycles. The molecule has 35 heavy (non-hydrogen) atoms. The van der Waals surface area contributed by atoms with Crippen LogP contribution in [-0.4, -0.2) is 46.7 Å². The van der Waals surface area contributed by atoms with Crippen molar-refractivity contribution in [1.82, 2.24) is 10.2 Å². The Balaban J connectivity index is 1.24. The van der Waals surface area contributed by atoms with Crippen molar-refractivity contribution in [1.29, 1.82) is 0 Å². The van der Waals surface area contributed by atoms with Gasteiger partial charge in [-0.25, -0.2) is 9.59 Å². The van der Waals surface area contributed by atoms with Crippen LogP contribution in [0.4, 0.5) is 4.79 Å². The molecule has 178 valence electrons. The minimum Gasteiger partial charge on any atom is -0.480 e. The zero-order valence-corrected chi connectivity index (χ0v) is 19.3. The number of aliphatic carboxylic acids is 1. The SMILES string of the molecule is C[C@@H](NC(=O)OCC1c2ccccc2-c2ccccc21)C(=O)N1Cc2ccccc2C[C@@H]1C(=O)O. The first kappa shape index (κ1) is 22.7. The average Bonchev–Trinajstić information content (AvgIpc) is 3.19.